The van der Waals surface area contributed by atoms with Crippen molar-refractivity contribution in [3.63, 3.8) is 0 Å². The molecule has 0 unspecified atom stereocenters. The molecule has 5 heteroatoms. The second kappa shape index (κ2) is 11.2. The molecule has 3 rings (SSSR count). The Hall–Kier alpha value is -2.69. The van der Waals surface area contributed by atoms with Crippen LogP contribution in [0, 0.1) is 0 Å². The fourth-order valence-corrected chi connectivity index (χ4v) is 2.83. The minimum Gasteiger partial charge on any atom is -0.380 e. The van der Waals surface area contributed by atoms with E-state index in [0.29, 0.717) is 23.7 Å². The highest BCUT2D eigenvalue weighted by Crippen LogP contribution is 2.27. The van der Waals surface area contributed by atoms with Crippen LogP contribution in [-0.4, -0.2) is 18.0 Å². The summed E-state index contributed by atoms with van der Waals surface area (Å²) in [6.45, 7) is 4.88. The Morgan fingerprint density at radius 1 is 1.04 bits per heavy atom. The van der Waals surface area contributed by atoms with Crippen molar-refractivity contribution in [2.45, 2.75) is 27.0 Å². The number of pyridine rings is 1. The summed E-state index contributed by atoms with van der Waals surface area (Å²) in [7, 11) is 1.64. The number of nitrogens with one attached hydrogen (secondary N) is 1. The highest BCUT2D eigenvalue weighted by molar-refractivity contribution is 6.30. The van der Waals surface area contributed by atoms with Crippen molar-refractivity contribution in [3.05, 3.63) is 88.7 Å². The van der Waals surface area contributed by atoms with E-state index < -0.39 is 0 Å². The Labute approximate surface area is 171 Å². The molecule has 0 spiro atoms. The molecule has 0 bridgehead atoms. The normalized spacial score (nSPS) is 10.0. The molecule has 1 aromatic heterocycles. The number of ether oxygens (including phenoxy) is 1. The van der Waals surface area contributed by atoms with E-state index >= 15 is 0 Å². The van der Waals surface area contributed by atoms with Gasteiger partial charge in [-0.15, -0.1) is 0 Å². The second-order valence-corrected chi connectivity index (χ2v) is 6.29. The van der Waals surface area contributed by atoms with E-state index in [1.54, 1.807) is 19.5 Å². The number of carbonyl (C=O) groups excluding carboxylic acids is 1. The lowest BCUT2D eigenvalue weighted by atomic mass is 9.97. The Morgan fingerprint density at radius 2 is 1.71 bits per heavy atom. The van der Waals surface area contributed by atoms with Gasteiger partial charge in [0, 0.05) is 36.6 Å². The number of aromatic nitrogens is 1. The van der Waals surface area contributed by atoms with Gasteiger partial charge in [-0.3, -0.25) is 9.78 Å². The van der Waals surface area contributed by atoms with E-state index in [4.69, 9.17) is 16.3 Å². The molecule has 3 aromatic rings. The van der Waals surface area contributed by atoms with Crippen LogP contribution in [0.1, 0.15) is 35.3 Å². The van der Waals surface area contributed by atoms with Gasteiger partial charge in [-0.25, -0.2) is 0 Å². The number of hydrogen-bond acceptors (Lipinski definition) is 3. The van der Waals surface area contributed by atoms with Gasteiger partial charge < -0.3 is 10.1 Å². The Bertz CT molecular complexity index is 881. The first-order chi connectivity index (χ1) is 13.7. The number of carbonyl (C=O) groups is 1. The zero-order valence-corrected chi connectivity index (χ0v) is 17.2. The van der Waals surface area contributed by atoms with E-state index in [1.165, 1.54) is 0 Å². The van der Waals surface area contributed by atoms with E-state index in [9.17, 15) is 4.79 Å². The van der Waals surface area contributed by atoms with Gasteiger partial charge in [0.25, 0.3) is 5.91 Å². The minimum atomic E-state index is -0.123. The van der Waals surface area contributed by atoms with Crippen LogP contribution in [0.4, 0.5) is 0 Å². The van der Waals surface area contributed by atoms with Crippen molar-refractivity contribution < 1.29 is 9.53 Å². The molecule has 0 aliphatic carbocycles. The third kappa shape index (κ3) is 5.91. The van der Waals surface area contributed by atoms with E-state index in [1.807, 2.05) is 68.4 Å². The number of hydrogen-bond donors (Lipinski definition) is 1. The van der Waals surface area contributed by atoms with Gasteiger partial charge in [0.1, 0.15) is 0 Å². The number of benzene rings is 2. The molecule has 1 N–H and O–H groups in total. The smallest absolute Gasteiger partial charge is 0.251 e. The summed E-state index contributed by atoms with van der Waals surface area (Å²) in [6.07, 6.45) is 3.41. The summed E-state index contributed by atoms with van der Waals surface area (Å²) in [5.74, 6) is -0.123. The summed E-state index contributed by atoms with van der Waals surface area (Å²) >= 11 is 5.97. The molecule has 0 aliphatic rings. The molecule has 1 amide bonds. The van der Waals surface area contributed by atoms with Gasteiger partial charge in [0.2, 0.25) is 0 Å². The van der Waals surface area contributed by atoms with E-state index in [-0.39, 0.29) is 5.91 Å². The summed E-state index contributed by atoms with van der Waals surface area (Å²) in [5.41, 5.74) is 4.61. The number of halogens is 1. The van der Waals surface area contributed by atoms with Crippen LogP contribution in [0.2, 0.25) is 5.02 Å². The maximum absolute atomic E-state index is 12.5. The second-order valence-electron chi connectivity index (χ2n) is 5.85. The molecule has 0 atom stereocenters. The molecule has 28 heavy (non-hydrogen) atoms. The fraction of sp³-hybridized carbons (Fsp3) is 0.217. The summed E-state index contributed by atoms with van der Waals surface area (Å²) in [5, 5.41) is 3.62. The molecule has 0 saturated carbocycles. The topological polar surface area (TPSA) is 51.2 Å². The number of rotatable bonds is 6. The molecule has 0 saturated heterocycles. The molecule has 146 valence electrons. The van der Waals surface area contributed by atoms with Crippen molar-refractivity contribution in [2.24, 2.45) is 0 Å². The SMILES string of the molecule is CC.COCc1cc(C(=O)NCc2ccncc2)ccc1-c1ccc(Cl)cc1. The standard InChI is InChI=1S/C21H19ClN2O2.C2H6/c1-26-14-18-12-17(21(25)24-13-15-8-10-23-11-9-15)4-7-20(18)16-2-5-19(22)6-3-16;1-2/h2-12H,13-14H2,1H3,(H,24,25);1-2H3. The Kier molecular flexibility index (Phi) is 8.66. The minimum absolute atomic E-state index is 0.123. The third-order valence-corrected chi connectivity index (χ3v) is 4.28. The first-order valence-electron chi connectivity index (χ1n) is 9.22. The number of nitrogens with zero attached hydrogens (tertiary/aromatic N) is 1. The third-order valence-electron chi connectivity index (χ3n) is 4.02. The highest BCUT2D eigenvalue weighted by Gasteiger charge is 2.11. The zero-order chi connectivity index (χ0) is 20.4. The fourth-order valence-electron chi connectivity index (χ4n) is 2.71. The molecule has 0 radical (unpaired) electrons. The lowest BCUT2D eigenvalue weighted by Crippen LogP contribution is -2.23. The van der Waals surface area contributed by atoms with E-state index in [0.717, 1.165) is 22.3 Å². The first kappa shape index (κ1) is 21.6. The van der Waals surface area contributed by atoms with Gasteiger partial charge >= 0.3 is 0 Å². The van der Waals surface area contributed by atoms with Crippen LogP contribution in [0.15, 0.2) is 67.0 Å². The maximum Gasteiger partial charge on any atom is 0.251 e. The molecule has 0 fully saturated rings. The van der Waals surface area contributed by atoms with Gasteiger partial charge in [-0.05, 0) is 58.7 Å². The van der Waals surface area contributed by atoms with Crippen LogP contribution in [-0.2, 0) is 17.9 Å². The predicted octanol–water partition coefficient (Wildman–Crippen LogP) is 5.50. The summed E-state index contributed by atoms with van der Waals surface area (Å²) in [4.78, 5) is 16.5. The average molecular weight is 397 g/mol. The molecular weight excluding hydrogens is 372 g/mol. The van der Waals surface area contributed by atoms with Gasteiger partial charge in [-0.2, -0.15) is 0 Å². The molecule has 0 aliphatic heterocycles. The largest absolute Gasteiger partial charge is 0.380 e. The molecular formula is C23H25ClN2O2. The summed E-state index contributed by atoms with van der Waals surface area (Å²) in [6, 6.07) is 17.0. The monoisotopic (exact) mass is 396 g/mol. The van der Waals surface area contributed by atoms with Crippen LogP contribution in [0.3, 0.4) is 0 Å². The van der Waals surface area contributed by atoms with Crippen LogP contribution >= 0.6 is 11.6 Å². The van der Waals surface area contributed by atoms with Gasteiger partial charge in [0.15, 0.2) is 0 Å². The molecule has 4 nitrogen and oxygen atoms in total. The predicted molar refractivity (Wildman–Crippen MR) is 114 cm³/mol. The number of methoxy groups -OCH3 is 1. The van der Waals surface area contributed by atoms with Crippen LogP contribution < -0.4 is 5.32 Å². The lowest BCUT2D eigenvalue weighted by molar-refractivity contribution is 0.0950. The summed E-state index contributed by atoms with van der Waals surface area (Å²) < 4.78 is 5.31. The Balaban J connectivity index is 0.00000136. The number of amides is 1. The zero-order valence-electron chi connectivity index (χ0n) is 16.4. The highest BCUT2D eigenvalue weighted by atomic mass is 35.5. The molecule has 1 heterocycles. The van der Waals surface area contributed by atoms with Crippen molar-refractivity contribution >= 4 is 17.5 Å². The van der Waals surface area contributed by atoms with Crippen LogP contribution in [0.5, 0.6) is 0 Å². The van der Waals surface area contributed by atoms with E-state index in [2.05, 4.69) is 10.3 Å². The van der Waals surface area contributed by atoms with Crippen molar-refractivity contribution in [1.29, 1.82) is 0 Å². The van der Waals surface area contributed by atoms with Crippen molar-refractivity contribution in [2.75, 3.05) is 7.11 Å². The quantitative estimate of drug-likeness (QED) is 0.598. The van der Waals surface area contributed by atoms with Gasteiger partial charge in [-0.1, -0.05) is 43.6 Å². The van der Waals surface area contributed by atoms with Crippen molar-refractivity contribution in [1.82, 2.24) is 10.3 Å². The van der Waals surface area contributed by atoms with Crippen molar-refractivity contribution in [3.8, 4) is 11.1 Å². The average Bonchev–Trinajstić information content (AvgIpc) is 2.75. The van der Waals surface area contributed by atoms with Crippen LogP contribution in [0.25, 0.3) is 11.1 Å². The van der Waals surface area contributed by atoms with Gasteiger partial charge in [0.05, 0.1) is 6.61 Å². The maximum atomic E-state index is 12.5. The Morgan fingerprint density at radius 3 is 2.36 bits per heavy atom. The lowest BCUT2D eigenvalue weighted by Gasteiger charge is -2.12. The molecule has 2 aromatic carbocycles. The first-order valence-corrected chi connectivity index (χ1v) is 9.60.